The topological polar surface area (TPSA) is 53.0 Å². The van der Waals surface area contributed by atoms with E-state index in [0.717, 1.165) is 32.7 Å². The summed E-state index contributed by atoms with van der Waals surface area (Å²) < 4.78 is 5.40. The first-order valence-electron chi connectivity index (χ1n) is 8.20. The molecule has 0 radical (unpaired) electrons. The SMILES string of the molecule is CC(C)(C)OC(=O)N1CCN(Cc2ccccc2)CC1.CCO. The van der Waals surface area contributed by atoms with Gasteiger partial charge >= 0.3 is 6.09 Å². The van der Waals surface area contributed by atoms with Crippen molar-refractivity contribution in [1.29, 1.82) is 0 Å². The summed E-state index contributed by atoms with van der Waals surface area (Å²) in [5.41, 5.74) is 0.899. The van der Waals surface area contributed by atoms with Gasteiger partial charge in [-0.25, -0.2) is 4.79 Å². The molecule has 0 atom stereocenters. The van der Waals surface area contributed by atoms with E-state index in [-0.39, 0.29) is 12.7 Å². The molecule has 0 aromatic heterocycles. The van der Waals surface area contributed by atoms with Crippen LogP contribution in [0.25, 0.3) is 0 Å². The van der Waals surface area contributed by atoms with Gasteiger partial charge in [0.15, 0.2) is 0 Å². The molecular weight excluding hydrogens is 292 g/mol. The smallest absolute Gasteiger partial charge is 0.410 e. The van der Waals surface area contributed by atoms with Crippen molar-refractivity contribution in [3.05, 3.63) is 35.9 Å². The number of aliphatic hydroxyl groups excluding tert-OH is 1. The zero-order chi connectivity index (χ0) is 17.3. The average molecular weight is 322 g/mol. The summed E-state index contributed by atoms with van der Waals surface area (Å²) in [7, 11) is 0. The average Bonchev–Trinajstić information content (AvgIpc) is 2.48. The largest absolute Gasteiger partial charge is 0.444 e. The highest BCUT2D eigenvalue weighted by Crippen LogP contribution is 2.13. The minimum Gasteiger partial charge on any atom is -0.444 e. The van der Waals surface area contributed by atoms with Gasteiger partial charge in [0.1, 0.15) is 5.60 Å². The maximum atomic E-state index is 12.0. The van der Waals surface area contributed by atoms with E-state index in [4.69, 9.17) is 9.84 Å². The fourth-order valence-corrected chi connectivity index (χ4v) is 2.26. The minimum atomic E-state index is -0.418. The third-order valence-electron chi connectivity index (χ3n) is 3.27. The van der Waals surface area contributed by atoms with Crippen molar-refractivity contribution < 1.29 is 14.6 Å². The van der Waals surface area contributed by atoms with E-state index in [1.54, 1.807) is 11.8 Å². The van der Waals surface area contributed by atoms with Crippen LogP contribution in [0.1, 0.15) is 33.3 Å². The van der Waals surface area contributed by atoms with Gasteiger partial charge in [0.25, 0.3) is 0 Å². The molecule has 23 heavy (non-hydrogen) atoms. The van der Waals surface area contributed by atoms with E-state index in [1.807, 2.05) is 26.8 Å². The second-order valence-corrected chi connectivity index (χ2v) is 6.55. The van der Waals surface area contributed by atoms with Crippen LogP contribution in [-0.2, 0) is 11.3 Å². The van der Waals surface area contributed by atoms with Crippen LogP contribution in [0.15, 0.2) is 30.3 Å². The first-order valence-corrected chi connectivity index (χ1v) is 8.20. The maximum absolute atomic E-state index is 12.0. The lowest BCUT2D eigenvalue weighted by molar-refractivity contribution is 0.0139. The summed E-state index contributed by atoms with van der Waals surface area (Å²) in [6, 6.07) is 10.4. The number of ether oxygens (including phenoxy) is 1. The van der Waals surface area contributed by atoms with Crippen molar-refractivity contribution in [1.82, 2.24) is 9.80 Å². The van der Waals surface area contributed by atoms with Crippen molar-refractivity contribution in [3.63, 3.8) is 0 Å². The Morgan fingerprint density at radius 3 is 2.13 bits per heavy atom. The van der Waals surface area contributed by atoms with Crippen LogP contribution in [-0.4, -0.2) is 59.4 Å². The number of aliphatic hydroxyl groups is 1. The lowest BCUT2D eigenvalue weighted by Crippen LogP contribution is -2.49. The van der Waals surface area contributed by atoms with Crippen molar-refractivity contribution in [2.24, 2.45) is 0 Å². The molecule has 130 valence electrons. The molecule has 0 spiro atoms. The van der Waals surface area contributed by atoms with Crippen molar-refractivity contribution in [2.75, 3.05) is 32.8 Å². The molecule has 0 saturated carbocycles. The summed E-state index contributed by atoms with van der Waals surface area (Å²) in [6.45, 7) is 11.8. The lowest BCUT2D eigenvalue weighted by Gasteiger charge is -2.35. The second-order valence-electron chi connectivity index (χ2n) is 6.55. The van der Waals surface area contributed by atoms with E-state index >= 15 is 0 Å². The highest BCUT2D eigenvalue weighted by Gasteiger charge is 2.25. The zero-order valence-electron chi connectivity index (χ0n) is 14.8. The van der Waals surface area contributed by atoms with Crippen LogP contribution < -0.4 is 0 Å². The van der Waals surface area contributed by atoms with E-state index in [0.29, 0.717) is 0 Å². The molecule has 1 N–H and O–H groups in total. The number of piperazine rings is 1. The number of carbonyl (C=O) groups is 1. The fraction of sp³-hybridized carbons (Fsp3) is 0.611. The highest BCUT2D eigenvalue weighted by molar-refractivity contribution is 5.68. The van der Waals surface area contributed by atoms with Crippen LogP contribution >= 0.6 is 0 Å². The summed E-state index contributed by atoms with van der Waals surface area (Å²) in [6.07, 6.45) is -0.197. The molecule has 5 nitrogen and oxygen atoms in total. The molecule has 1 aliphatic heterocycles. The van der Waals surface area contributed by atoms with Crippen LogP contribution in [0, 0.1) is 0 Å². The van der Waals surface area contributed by atoms with Gasteiger partial charge in [-0.1, -0.05) is 30.3 Å². The van der Waals surface area contributed by atoms with E-state index < -0.39 is 5.60 Å². The predicted octanol–water partition coefficient (Wildman–Crippen LogP) is 2.74. The molecule has 1 aromatic carbocycles. The molecule has 1 aromatic rings. The van der Waals surface area contributed by atoms with Crippen LogP contribution in [0.3, 0.4) is 0 Å². The van der Waals surface area contributed by atoms with Gasteiger partial charge in [0.2, 0.25) is 0 Å². The number of hydrogen-bond donors (Lipinski definition) is 1. The van der Waals surface area contributed by atoms with Gasteiger partial charge < -0.3 is 14.7 Å². The fourth-order valence-electron chi connectivity index (χ4n) is 2.26. The number of carbonyl (C=O) groups excluding carboxylic acids is 1. The lowest BCUT2D eigenvalue weighted by atomic mass is 10.2. The van der Waals surface area contributed by atoms with Crippen LogP contribution in [0.5, 0.6) is 0 Å². The number of nitrogens with zero attached hydrogens (tertiary/aromatic N) is 2. The van der Waals surface area contributed by atoms with Crippen molar-refractivity contribution in [3.8, 4) is 0 Å². The Kier molecular flexibility index (Phi) is 8.06. The Hall–Kier alpha value is -1.59. The summed E-state index contributed by atoms with van der Waals surface area (Å²) in [5, 5.41) is 7.57. The Morgan fingerprint density at radius 2 is 1.65 bits per heavy atom. The van der Waals surface area contributed by atoms with Crippen molar-refractivity contribution in [2.45, 2.75) is 39.8 Å². The molecular formula is C18H30N2O3. The number of rotatable bonds is 2. The molecule has 0 bridgehead atoms. The minimum absolute atomic E-state index is 0.197. The third-order valence-corrected chi connectivity index (χ3v) is 3.27. The summed E-state index contributed by atoms with van der Waals surface area (Å²) in [5.74, 6) is 0. The van der Waals surface area contributed by atoms with Crippen LogP contribution in [0.2, 0.25) is 0 Å². The highest BCUT2D eigenvalue weighted by atomic mass is 16.6. The van der Waals surface area contributed by atoms with E-state index in [9.17, 15) is 4.79 Å². The molecule has 1 saturated heterocycles. The molecule has 0 aliphatic carbocycles. The summed E-state index contributed by atoms with van der Waals surface area (Å²) in [4.78, 5) is 16.1. The zero-order valence-corrected chi connectivity index (χ0v) is 14.8. The molecule has 1 fully saturated rings. The molecule has 5 heteroatoms. The van der Waals surface area contributed by atoms with E-state index in [1.165, 1.54) is 5.56 Å². The Labute approximate surface area is 139 Å². The number of hydrogen-bond acceptors (Lipinski definition) is 4. The van der Waals surface area contributed by atoms with Crippen LogP contribution in [0.4, 0.5) is 4.79 Å². The van der Waals surface area contributed by atoms with Crippen molar-refractivity contribution >= 4 is 6.09 Å². The maximum Gasteiger partial charge on any atom is 0.410 e. The monoisotopic (exact) mass is 322 g/mol. The predicted molar refractivity (Wildman–Crippen MR) is 92.3 cm³/mol. The standard InChI is InChI=1S/C16H24N2O2.C2H6O/c1-16(2,3)20-15(19)18-11-9-17(10-12-18)13-14-7-5-4-6-8-14;1-2-3/h4-8H,9-13H2,1-3H3;3H,2H2,1H3. The van der Waals surface area contributed by atoms with Gasteiger partial charge in [-0.3, -0.25) is 4.90 Å². The molecule has 2 rings (SSSR count). The Balaban J connectivity index is 0.000000816. The second kappa shape index (κ2) is 9.53. The first kappa shape index (κ1) is 19.5. The first-order chi connectivity index (χ1) is 10.9. The number of amides is 1. The van der Waals surface area contributed by atoms with Gasteiger partial charge in [0.05, 0.1) is 0 Å². The Bertz CT molecular complexity index is 449. The van der Waals surface area contributed by atoms with Gasteiger partial charge in [-0.2, -0.15) is 0 Å². The Morgan fingerprint density at radius 1 is 1.13 bits per heavy atom. The van der Waals surface area contributed by atoms with E-state index in [2.05, 4.69) is 29.2 Å². The normalized spacial score (nSPS) is 15.6. The number of benzene rings is 1. The summed E-state index contributed by atoms with van der Waals surface area (Å²) >= 11 is 0. The molecule has 0 unspecified atom stereocenters. The van der Waals surface area contributed by atoms with Gasteiger partial charge in [0, 0.05) is 39.3 Å². The van der Waals surface area contributed by atoms with Gasteiger partial charge in [-0.15, -0.1) is 0 Å². The molecule has 1 amide bonds. The molecule has 1 aliphatic rings. The molecule has 1 heterocycles. The van der Waals surface area contributed by atoms with Gasteiger partial charge in [-0.05, 0) is 33.3 Å². The third kappa shape index (κ3) is 8.00. The quantitative estimate of drug-likeness (QED) is 0.909.